The van der Waals surface area contributed by atoms with E-state index in [1.165, 1.54) is 34.4 Å². The van der Waals surface area contributed by atoms with Gasteiger partial charge in [-0.2, -0.15) is 31.8 Å². The Kier molecular flexibility index (Phi) is 6.35. The van der Waals surface area contributed by atoms with Gasteiger partial charge in [0, 0.05) is 36.6 Å². The highest BCUT2D eigenvalue weighted by molar-refractivity contribution is 7.59. The summed E-state index contributed by atoms with van der Waals surface area (Å²) in [5.41, 5.74) is -0.837. The maximum atomic E-state index is 14.1. The van der Waals surface area contributed by atoms with Gasteiger partial charge in [0.25, 0.3) is 5.91 Å². The summed E-state index contributed by atoms with van der Waals surface area (Å²) in [6.07, 6.45) is 0.491. The van der Waals surface area contributed by atoms with Gasteiger partial charge in [-0.25, -0.2) is 9.37 Å². The number of amides is 1. The highest BCUT2D eigenvalue weighted by Crippen LogP contribution is 2.35. The lowest BCUT2D eigenvalue weighted by atomic mass is 10.0. The lowest BCUT2D eigenvalue weighted by Gasteiger charge is -2.32. The zero-order valence-electron chi connectivity index (χ0n) is 16.6. The van der Waals surface area contributed by atoms with Crippen LogP contribution in [-0.2, 0) is 12.6 Å². The molecule has 12 heteroatoms. The molecule has 0 saturated carbocycles. The predicted molar refractivity (Wildman–Crippen MR) is 110 cm³/mol. The lowest BCUT2D eigenvalue weighted by molar-refractivity contribution is -0.139. The molecule has 32 heavy (non-hydrogen) atoms. The summed E-state index contributed by atoms with van der Waals surface area (Å²) in [6, 6.07) is 1.99. The normalized spacial score (nSPS) is 15.8. The number of Topliss-reactive ketones (excluding diaryl/α,β-unsaturated/α-hetero) is 1. The number of anilines is 1. The fraction of sp³-hybridized carbons (Fsp3) is 0.250. The maximum absolute atomic E-state index is 14.1. The number of carbonyl (C=O) groups excluding carboxylic acids is 2. The minimum Gasteiger partial charge on any atom is -0.305 e. The summed E-state index contributed by atoms with van der Waals surface area (Å²) in [7, 11) is 0. The number of carbonyl (C=O) groups is 2. The molecule has 1 atom stereocenters. The SMILES string of the molecule is C[C@H]1CN(c2ccc(C(F)(F)F)c(F)c2)C(=O)c2c(CC(=O)c3cnccn3)cnn21.S. The van der Waals surface area contributed by atoms with Gasteiger partial charge in [-0.15, -0.1) is 0 Å². The second-order valence-electron chi connectivity index (χ2n) is 7.08. The molecule has 3 heterocycles. The van der Waals surface area contributed by atoms with E-state index >= 15 is 0 Å². The molecule has 1 aliphatic heterocycles. The van der Waals surface area contributed by atoms with Crippen molar-refractivity contribution in [1.29, 1.82) is 0 Å². The van der Waals surface area contributed by atoms with Crippen LogP contribution in [0.25, 0.3) is 0 Å². The largest absolute Gasteiger partial charge is 0.419 e. The number of nitrogens with zero attached hydrogens (tertiary/aromatic N) is 5. The van der Waals surface area contributed by atoms with Gasteiger partial charge >= 0.3 is 6.18 Å². The van der Waals surface area contributed by atoms with Gasteiger partial charge in [0.05, 0.1) is 24.0 Å². The maximum Gasteiger partial charge on any atom is 0.419 e. The summed E-state index contributed by atoms with van der Waals surface area (Å²) < 4.78 is 54.1. The van der Waals surface area contributed by atoms with Crippen LogP contribution in [0.3, 0.4) is 0 Å². The summed E-state index contributed by atoms with van der Waals surface area (Å²) in [5.74, 6) is -2.43. The lowest BCUT2D eigenvalue weighted by Crippen LogP contribution is -2.43. The molecule has 1 aromatic carbocycles. The van der Waals surface area contributed by atoms with Crippen LogP contribution in [0.15, 0.2) is 43.0 Å². The van der Waals surface area contributed by atoms with E-state index in [0.29, 0.717) is 17.7 Å². The zero-order chi connectivity index (χ0) is 22.3. The third-order valence-electron chi connectivity index (χ3n) is 4.95. The van der Waals surface area contributed by atoms with Crippen LogP contribution in [0.2, 0.25) is 0 Å². The van der Waals surface area contributed by atoms with E-state index in [-0.39, 0.29) is 55.4 Å². The molecule has 1 amide bonds. The number of ketones is 1. The smallest absolute Gasteiger partial charge is 0.305 e. The predicted octanol–water partition coefficient (Wildman–Crippen LogP) is 3.59. The Labute approximate surface area is 186 Å². The molecule has 0 fully saturated rings. The van der Waals surface area contributed by atoms with Crippen molar-refractivity contribution in [2.75, 3.05) is 11.4 Å². The molecule has 4 rings (SSSR count). The van der Waals surface area contributed by atoms with Crippen molar-refractivity contribution in [1.82, 2.24) is 19.7 Å². The first-order valence-electron chi connectivity index (χ1n) is 9.21. The second-order valence-corrected chi connectivity index (χ2v) is 7.08. The Morgan fingerprint density at radius 3 is 2.59 bits per heavy atom. The van der Waals surface area contributed by atoms with Crippen molar-refractivity contribution in [3.8, 4) is 0 Å². The molecular weight excluding hydrogens is 450 g/mol. The number of aromatic nitrogens is 4. The molecule has 2 aromatic heterocycles. The number of alkyl halides is 3. The van der Waals surface area contributed by atoms with Crippen LogP contribution < -0.4 is 4.90 Å². The van der Waals surface area contributed by atoms with Gasteiger partial charge in [-0.05, 0) is 25.1 Å². The minimum absolute atomic E-state index is 0. The minimum atomic E-state index is -4.84. The standard InChI is InChI=1S/C20H15F4N5O2.H2S/c1-11-10-28(13-2-3-14(15(21)7-13)20(22,23)24)19(31)18-12(8-27-29(11)18)6-17(30)16-9-25-4-5-26-16;/h2-5,7-9,11H,6,10H2,1H3;1H2/t11-;/m0./s1. The van der Waals surface area contributed by atoms with Crippen LogP contribution in [0.1, 0.15) is 45.1 Å². The quantitative estimate of drug-likeness (QED) is 0.433. The van der Waals surface area contributed by atoms with Crippen LogP contribution in [-0.4, -0.2) is 38.0 Å². The van der Waals surface area contributed by atoms with Gasteiger partial charge in [0.2, 0.25) is 0 Å². The monoisotopic (exact) mass is 467 g/mol. The first-order valence-corrected chi connectivity index (χ1v) is 9.21. The average Bonchev–Trinajstić information content (AvgIpc) is 3.15. The van der Waals surface area contributed by atoms with E-state index in [4.69, 9.17) is 0 Å². The van der Waals surface area contributed by atoms with Crippen molar-refractivity contribution < 1.29 is 27.2 Å². The Balaban J connectivity index is 0.00000289. The Hall–Kier alpha value is -3.28. The summed E-state index contributed by atoms with van der Waals surface area (Å²) in [5, 5.41) is 4.19. The molecule has 1 aliphatic rings. The molecule has 0 spiro atoms. The number of fused-ring (bicyclic) bond motifs is 1. The molecule has 0 radical (unpaired) electrons. The molecule has 0 aliphatic carbocycles. The Morgan fingerprint density at radius 2 is 1.97 bits per heavy atom. The third kappa shape index (κ3) is 4.22. The summed E-state index contributed by atoms with van der Waals surface area (Å²) >= 11 is 0. The van der Waals surface area contributed by atoms with Crippen molar-refractivity contribution in [3.05, 3.63) is 71.3 Å². The van der Waals surface area contributed by atoms with Gasteiger partial charge in [0.1, 0.15) is 17.2 Å². The van der Waals surface area contributed by atoms with Gasteiger partial charge in [-0.1, -0.05) is 0 Å². The Morgan fingerprint density at radius 1 is 1.22 bits per heavy atom. The molecule has 168 valence electrons. The summed E-state index contributed by atoms with van der Waals surface area (Å²) in [4.78, 5) is 34.6. The topological polar surface area (TPSA) is 81.0 Å². The highest BCUT2D eigenvalue weighted by Gasteiger charge is 2.37. The molecule has 0 N–H and O–H groups in total. The third-order valence-corrected chi connectivity index (χ3v) is 4.95. The van der Waals surface area contributed by atoms with Gasteiger partial charge in [0.15, 0.2) is 5.78 Å². The van der Waals surface area contributed by atoms with Crippen LogP contribution in [0, 0.1) is 5.82 Å². The van der Waals surface area contributed by atoms with Crippen molar-refractivity contribution in [2.45, 2.75) is 25.6 Å². The fourth-order valence-corrected chi connectivity index (χ4v) is 3.48. The number of hydrogen-bond donors (Lipinski definition) is 0. The van der Waals surface area contributed by atoms with E-state index in [0.717, 1.165) is 6.07 Å². The van der Waals surface area contributed by atoms with Crippen LogP contribution in [0.4, 0.5) is 23.2 Å². The van der Waals surface area contributed by atoms with Crippen molar-refractivity contribution in [2.24, 2.45) is 0 Å². The number of rotatable bonds is 4. The average molecular weight is 467 g/mol. The molecule has 0 bridgehead atoms. The second kappa shape index (κ2) is 8.69. The summed E-state index contributed by atoms with van der Waals surface area (Å²) in [6.45, 7) is 1.83. The molecule has 3 aromatic rings. The van der Waals surface area contributed by atoms with E-state index in [1.807, 2.05) is 0 Å². The number of hydrogen-bond acceptors (Lipinski definition) is 5. The van der Waals surface area contributed by atoms with Crippen LogP contribution in [0.5, 0.6) is 0 Å². The Bertz CT molecular complexity index is 1170. The van der Waals surface area contributed by atoms with E-state index in [1.54, 1.807) is 6.92 Å². The van der Waals surface area contributed by atoms with Gasteiger partial charge < -0.3 is 4.90 Å². The van der Waals surface area contributed by atoms with E-state index < -0.39 is 23.5 Å². The first kappa shape index (κ1) is 23.4. The van der Waals surface area contributed by atoms with Crippen molar-refractivity contribution >= 4 is 30.9 Å². The van der Waals surface area contributed by atoms with Gasteiger partial charge in [-0.3, -0.25) is 19.3 Å². The van der Waals surface area contributed by atoms with E-state index in [2.05, 4.69) is 15.1 Å². The molecule has 0 saturated heterocycles. The zero-order valence-corrected chi connectivity index (χ0v) is 17.6. The molecular formula is C20H17F4N5O2S. The number of halogens is 4. The fourth-order valence-electron chi connectivity index (χ4n) is 3.48. The van der Waals surface area contributed by atoms with Crippen LogP contribution >= 0.6 is 13.5 Å². The number of benzene rings is 1. The van der Waals surface area contributed by atoms with Crippen molar-refractivity contribution in [3.63, 3.8) is 0 Å². The van der Waals surface area contributed by atoms with E-state index in [9.17, 15) is 27.2 Å². The molecule has 0 unspecified atom stereocenters. The highest BCUT2D eigenvalue weighted by atomic mass is 32.1. The first-order chi connectivity index (χ1) is 14.7. The molecule has 7 nitrogen and oxygen atoms in total.